The molecule has 1 fully saturated rings. The highest BCUT2D eigenvalue weighted by Gasteiger charge is 2.12. The van der Waals surface area contributed by atoms with Crippen molar-refractivity contribution in [2.24, 2.45) is 0 Å². The van der Waals surface area contributed by atoms with Crippen molar-refractivity contribution in [3.05, 3.63) is 5.75 Å². The van der Waals surface area contributed by atoms with Crippen LogP contribution in [0.15, 0.2) is 0 Å². The Morgan fingerprint density at radius 1 is 1.33 bits per heavy atom. The first-order valence-electron chi connectivity index (χ1n) is 2.82. The van der Waals surface area contributed by atoms with Gasteiger partial charge in [0.2, 0.25) is 0 Å². The molecule has 0 spiro atoms. The molecule has 9 heavy (non-hydrogen) atoms. The molecule has 3 heteroatoms. The van der Waals surface area contributed by atoms with Gasteiger partial charge in [-0.2, -0.15) is 0 Å². The second-order valence-electron chi connectivity index (χ2n) is 1.90. The zero-order chi connectivity index (χ0) is 6.69. The number of hydrogen-bond donors (Lipinski definition) is 0. The zero-order valence-electron chi connectivity index (χ0n) is 4.92. The Morgan fingerprint density at radius 2 is 2.11 bits per heavy atom. The summed E-state index contributed by atoms with van der Waals surface area (Å²) in [5.74, 6) is 1.85. The van der Waals surface area contributed by atoms with Crippen LogP contribution in [0.1, 0.15) is 19.3 Å². The zero-order valence-corrected chi connectivity index (χ0v) is 5.74. The van der Waals surface area contributed by atoms with Crippen molar-refractivity contribution >= 4 is 22.7 Å². The first-order chi connectivity index (χ1) is 4.29. The van der Waals surface area contributed by atoms with Gasteiger partial charge in [-0.3, -0.25) is 9.59 Å². The van der Waals surface area contributed by atoms with E-state index in [-0.39, 0.29) is 10.9 Å². The van der Waals surface area contributed by atoms with Gasteiger partial charge in [-0.25, -0.2) is 0 Å². The summed E-state index contributed by atoms with van der Waals surface area (Å²) in [7, 11) is 0. The lowest BCUT2D eigenvalue weighted by Crippen LogP contribution is -1.94. The number of carbonyl (C=O) groups excluding carboxylic acids is 2. The molecule has 0 aliphatic carbocycles. The molecule has 0 saturated carbocycles. The molecule has 1 radical (unpaired) electrons. The Morgan fingerprint density at radius 3 is 2.89 bits per heavy atom. The van der Waals surface area contributed by atoms with Crippen molar-refractivity contribution in [3.63, 3.8) is 0 Å². The molecule has 1 heterocycles. The third-order valence-corrected chi connectivity index (χ3v) is 1.93. The minimum Gasteiger partial charge on any atom is -0.300 e. The summed E-state index contributed by atoms with van der Waals surface area (Å²) >= 11 is 1.16. The highest BCUT2D eigenvalue weighted by atomic mass is 32.2. The average Bonchev–Trinajstić information content (AvgIpc) is 1.97. The average molecular weight is 143 g/mol. The summed E-state index contributed by atoms with van der Waals surface area (Å²) in [5, 5.41) is 0.112. The SMILES string of the molecule is O=C1C[CH]SC(=O)CC1. The lowest BCUT2D eigenvalue weighted by Gasteiger charge is -1.85. The van der Waals surface area contributed by atoms with Gasteiger partial charge < -0.3 is 0 Å². The Labute approximate surface area is 58.0 Å². The minimum absolute atomic E-state index is 0.112. The predicted molar refractivity (Wildman–Crippen MR) is 35.8 cm³/mol. The molecule has 1 aliphatic rings. The summed E-state index contributed by atoms with van der Waals surface area (Å²) in [6.45, 7) is 0. The van der Waals surface area contributed by atoms with Gasteiger partial charge in [-0.05, 0) is 0 Å². The summed E-state index contributed by atoms with van der Waals surface area (Å²) < 4.78 is 0. The van der Waals surface area contributed by atoms with E-state index in [1.807, 2.05) is 0 Å². The van der Waals surface area contributed by atoms with Crippen LogP contribution in [0.4, 0.5) is 0 Å². The standard InChI is InChI=1S/C6H7O2S/c7-5-1-2-6(8)9-4-3-5/h4H,1-3H2. The molecule has 0 aromatic rings. The van der Waals surface area contributed by atoms with Crippen LogP contribution in [0.2, 0.25) is 0 Å². The number of rotatable bonds is 0. The van der Waals surface area contributed by atoms with E-state index < -0.39 is 0 Å². The molecule has 0 atom stereocenters. The monoisotopic (exact) mass is 143 g/mol. The number of Topliss-reactive ketones (excluding diaryl/α,β-unsaturated/α-hetero) is 1. The first kappa shape index (κ1) is 6.81. The third-order valence-electron chi connectivity index (χ3n) is 1.13. The predicted octanol–water partition coefficient (Wildman–Crippen LogP) is 1.16. The second kappa shape index (κ2) is 3.01. The molecule has 49 valence electrons. The summed E-state index contributed by atoms with van der Waals surface area (Å²) in [6, 6.07) is 0. The van der Waals surface area contributed by atoms with Crippen molar-refractivity contribution in [2.45, 2.75) is 19.3 Å². The molecule has 1 saturated heterocycles. The Bertz CT molecular complexity index is 126. The molecule has 0 aromatic carbocycles. The topological polar surface area (TPSA) is 34.1 Å². The van der Waals surface area contributed by atoms with Crippen molar-refractivity contribution in [1.29, 1.82) is 0 Å². The molecule has 0 amide bonds. The molecular weight excluding hydrogens is 136 g/mol. The second-order valence-corrected chi connectivity index (χ2v) is 2.92. The van der Waals surface area contributed by atoms with Crippen LogP contribution < -0.4 is 0 Å². The Kier molecular flexibility index (Phi) is 2.28. The van der Waals surface area contributed by atoms with Crippen LogP contribution >= 0.6 is 11.8 Å². The van der Waals surface area contributed by atoms with Gasteiger partial charge in [0, 0.05) is 25.0 Å². The van der Waals surface area contributed by atoms with Gasteiger partial charge in [0.15, 0.2) is 5.12 Å². The van der Waals surface area contributed by atoms with Crippen LogP contribution in [-0.4, -0.2) is 10.9 Å². The number of thioether (sulfide) groups is 1. The van der Waals surface area contributed by atoms with Gasteiger partial charge >= 0.3 is 0 Å². The normalized spacial score (nSPS) is 21.8. The fraction of sp³-hybridized carbons (Fsp3) is 0.500. The minimum atomic E-state index is 0.112. The number of ketones is 1. The van der Waals surface area contributed by atoms with E-state index >= 15 is 0 Å². The van der Waals surface area contributed by atoms with Crippen molar-refractivity contribution in [2.75, 3.05) is 0 Å². The van der Waals surface area contributed by atoms with Crippen molar-refractivity contribution in [1.82, 2.24) is 0 Å². The smallest absolute Gasteiger partial charge is 0.189 e. The van der Waals surface area contributed by atoms with E-state index in [1.165, 1.54) is 0 Å². The van der Waals surface area contributed by atoms with E-state index in [4.69, 9.17) is 0 Å². The Hall–Kier alpha value is -0.310. The summed E-state index contributed by atoms with van der Waals surface area (Å²) in [5.41, 5.74) is 0. The van der Waals surface area contributed by atoms with Crippen molar-refractivity contribution in [3.8, 4) is 0 Å². The van der Waals surface area contributed by atoms with E-state index in [9.17, 15) is 9.59 Å². The van der Waals surface area contributed by atoms with Crippen LogP contribution in [0.3, 0.4) is 0 Å². The fourth-order valence-corrected chi connectivity index (χ4v) is 1.31. The van der Waals surface area contributed by atoms with Gasteiger partial charge in [-0.1, -0.05) is 11.8 Å². The first-order valence-corrected chi connectivity index (χ1v) is 3.70. The largest absolute Gasteiger partial charge is 0.300 e. The molecule has 0 N–H and O–H groups in total. The molecule has 1 rings (SSSR count). The van der Waals surface area contributed by atoms with E-state index in [0.717, 1.165) is 11.8 Å². The highest BCUT2D eigenvalue weighted by Crippen LogP contribution is 2.19. The van der Waals surface area contributed by atoms with Gasteiger partial charge in [-0.15, -0.1) is 0 Å². The third kappa shape index (κ3) is 2.18. The Balaban J connectivity index is 2.43. The maximum atomic E-state index is 10.6. The molecule has 0 bridgehead atoms. The van der Waals surface area contributed by atoms with E-state index in [1.54, 1.807) is 5.75 Å². The fourth-order valence-electron chi connectivity index (χ4n) is 0.630. The van der Waals surface area contributed by atoms with Crippen LogP contribution in [0.5, 0.6) is 0 Å². The molecule has 0 unspecified atom stereocenters. The number of carbonyl (C=O) groups is 2. The maximum absolute atomic E-state index is 10.6. The molecule has 1 aliphatic heterocycles. The lowest BCUT2D eigenvalue weighted by molar-refractivity contribution is -0.120. The lowest BCUT2D eigenvalue weighted by atomic mass is 10.2. The van der Waals surface area contributed by atoms with Crippen molar-refractivity contribution < 1.29 is 9.59 Å². The summed E-state index contributed by atoms with van der Waals surface area (Å²) in [4.78, 5) is 21.2. The molecule has 2 nitrogen and oxygen atoms in total. The van der Waals surface area contributed by atoms with Crippen LogP contribution in [-0.2, 0) is 9.59 Å². The quantitative estimate of drug-likeness (QED) is 0.510. The highest BCUT2D eigenvalue weighted by molar-refractivity contribution is 8.15. The van der Waals surface area contributed by atoms with Gasteiger partial charge in [0.25, 0.3) is 0 Å². The van der Waals surface area contributed by atoms with Crippen LogP contribution in [0, 0.1) is 5.75 Å². The van der Waals surface area contributed by atoms with Gasteiger partial charge in [0.1, 0.15) is 5.78 Å². The van der Waals surface area contributed by atoms with E-state index in [2.05, 4.69) is 0 Å². The maximum Gasteiger partial charge on any atom is 0.189 e. The molecular formula is C6H7O2S. The van der Waals surface area contributed by atoms with Crippen LogP contribution in [0.25, 0.3) is 0 Å². The van der Waals surface area contributed by atoms with Gasteiger partial charge in [0.05, 0.1) is 0 Å². The molecule has 0 aromatic heterocycles. The summed E-state index contributed by atoms with van der Waals surface area (Å²) in [6.07, 6.45) is 1.30. The number of hydrogen-bond acceptors (Lipinski definition) is 3. The van der Waals surface area contributed by atoms with E-state index in [0.29, 0.717) is 19.3 Å².